The number of amides is 1. The highest BCUT2D eigenvalue weighted by Crippen LogP contribution is 2.39. The Bertz CT molecular complexity index is 556. The van der Waals surface area contributed by atoms with Gasteiger partial charge in [-0.05, 0) is 41.9 Å². The van der Waals surface area contributed by atoms with Gasteiger partial charge in [-0.3, -0.25) is 4.79 Å². The van der Waals surface area contributed by atoms with Gasteiger partial charge in [-0.15, -0.1) is 0 Å². The first-order chi connectivity index (χ1) is 10.1. The van der Waals surface area contributed by atoms with Crippen molar-refractivity contribution in [3.8, 4) is 11.5 Å². The molecule has 2 heterocycles. The fourth-order valence-electron chi connectivity index (χ4n) is 2.64. The number of fused-ring (bicyclic) bond motifs is 1. The maximum absolute atomic E-state index is 12.6. The summed E-state index contributed by atoms with van der Waals surface area (Å²) in [4.78, 5) is 12.6. The molecule has 2 aliphatic rings. The number of hydrogen-bond donors (Lipinski definition) is 2. The Balaban J connectivity index is 1.79. The number of ether oxygens (including phenoxy) is 2. The average Bonchev–Trinajstić information content (AvgIpc) is 2.48. The molecule has 21 heavy (non-hydrogen) atoms. The summed E-state index contributed by atoms with van der Waals surface area (Å²) in [5, 5.41) is 6.31. The molecule has 114 valence electrons. The topological polar surface area (TPSA) is 59.6 Å². The van der Waals surface area contributed by atoms with Gasteiger partial charge in [-0.1, -0.05) is 6.92 Å². The zero-order chi connectivity index (χ0) is 14.9. The lowest BCUT2D eigenvalue weighted by atomic mass is 9.80. The van der Waals surface area contributed by atoms with Crippen molar-refractivity contribution in [2.24, 2.45) is 5.41 Å². The van der Waals surface area contributed by atoms with E-state index in [9.17, 15) is 4.79 Å². The number of carbonyl (C=O) groups excluding carboxylic acids is 1. The van der Waals surface area contributed by atoms with Crippen LogP contribution < -0.4 is 20.1 Å². The van der Waals surface area contributed by atoms with Crippen molar-refractivity contribution in [2.45, 2.75) is 19.8 Å². The van der Waals surface area contributed by atoms with Gasteiger partial charge >= 0.3 is 0 Å². The van der Waals surface area contributed by atoms with Crippen LogP contribution in [-0.4, -0.2) is 32.2 Å². The molecule has 0 saturated carbocycles. The van der Waals surface area contributed by atoms with E-state index in [2.05, 4.69) is 26.6 Å². The molecular weight excluding hydrogens is 336 g/mol. The molecule has 5 nitrogen and oxygen atoms in total. The van der Waals surface area contributed by atoms with Gasteiger partial charge in [0.2, 0.25) is 5.91 Å². The van der Waals surface area contributed by atoms with Gasteiger partial charge in [-0.25, -0.2) is 0 Å². The Morgan fingerprint density at radius 2 is 1.86 bits per heavy atom. The predicted octanol–water partition coefficient (Wildman–Crippen LogP) is 2.55. The lowest BCUT2D eigenvalue weighted by Crippen LogP contribution is -2.42. The van der Waals surface area contributed by atoms with Crippen molar-refractivity contribution in [1.29, 1.82) is 0 Å². The summed E-state index contributed by atoms with van der Waals surface area (Å²) in [6.45, 7) is 4.87. The van der Waals surface area contributed by atoms with E-state index in [0.717, 1.165) is 36.1 Å². The summed E-state index contributed by atoms with van der Waals surface area (Å²) in [6.07, 6.45) is 1.70. The maximum atomic E-state index is 12.6. The Labute approximate surface area is 132 Å². The third kappa shape index (κ3) is 3.01. The molecule has 1 aromatic carbocycles. The highest BCUT2D eigenvalue weighted by atomic mass is 79.9. The summed E-state index contributed by atoms with van der Waals surface area (Å²) in [7, 11) is 0. The van der Waals surface area contributed by atoms with E-state index in [4.69, 9.17) is 9.47 Å². The second-order valence-corrected chi connectivity index (χ2v) is 6.59. The minimum atomic E-state index is -0.321. The molecule has 0 radical (unpaired) electrons. The van der Waals surface area contributed by atoms with Crippen molar-refractivity contribution < 1.29 is 14.3 Å². The zero-order valence-electron chi connectivity index (χ0n) is 12.0. The van der Waals surface area contributed by atoms with Crippen molar-refractivity contribution in [3.63, 3.8) is 0 Å². The summed E-state index contributed by atoms with van der Waals surface area (Å²) < 4.78 is 11.9. The smallest absolute Gasteiger partial charge is 0.230 e. The molecule has 0 bridgehead atoms. The normalized spacial score (nSPS) is 19.9. The SMILES string of the molecule is CC1(C(=O)Nc2cc3c(cc2Br)OCCO3)CCNCC1. The van der Waals surface area contributed by atoms with Gasteiger partial charge in [0.15, 0.2) is 11.5 Å². The van der Waals surface area contributed by atoms with Crippen LogP contribution in [0.2, 0.25) is 0 Å². The molecular formula is C15H19BrN2O3. The number of rotatable bonds is 2. The third-order valence-corrected chi connectivity index (χ3v) is 4.79. The van der Waals surface area contributed by atoms with Crippen LogP contribution in [0.5, 0.6) is 11.5 Å². The van der Waals surface area contributed by atoms with Crippen molar-refractivity contribution in [1.82, 2.24) is 5.32 Å². The lowest BCUT2D eigenvalue weighted by Gasteiger charge is -2.32. The number of nitrogens with one attached hydrogen (secondary N) is 2. The van der Waals surface area contributed by atoms with Crippen LogP contribution in [0.3, 0.4) is 0 Å². The molecule has 0 aromatic heterocycles. The van der Waals surface area contributed by atoms with Crippen LogP contribution >= 0.6 is 15.9 Å². The van der Waals surface area contributed by atoms with Crippen LogP contribution in [0, 0.1) is 5.41 Å². The van der Waals surface area contributed by atoms with E-state index >= 15 is 0 Å². The number of hydrogen-bond acceptors (Lipinski definition) is 4. The van der Waals surface area contributed by atoms with Crippen LogP contribution in [0.15, 0.2) is 16.6 Å². The number of anilines is 1. The van der Waals surface area contributed by atoms with E-state index in [1.807, 2.05) is 19.1 Å². The van der Waals surface area contributed by atoms with E-state index in [1.54, 1.807) is 0 Å². The van der Waals surface area contributed by atoms with Crippen molar-refractivity contribution in [3.05, 3.63) is 16.6 Å². The molecule has 2 aliphatic heterocycles. The quantitative estimate of drug-likeness (QED) is 0.856. The van der Waals surface area contributed by atoms with E-state index in [0.29, 0.717) is 24.7 Å². The predicted molar refractivity (Wildman–Crippen MR) is 84.0 cm³/mol. The summed E-state index contributed by atoms with van der Waals surface area (Å²) in [5.74, 6) is 1.44. The Morgan fingerprint density at radius 3 is 2.52 bits per heavy atom. The fourth-order valence-corrected chi connectivity index (χ4v) is 3.06. The monoisotopic (exact) mass is 354 g/mol. The van der Waals surface area contributed by atoms with Gasteiger partial charge < -0.3 is 20.1 Å². The molecule has 1 saturated heterocycles. The maximum Gasteiger partial charge on any atom is 0.230 e. The third-order valence-electron chi connectivity index (χ3n) is 4.14. The number of halogens is 1. The van der Waals surface area contributed by atoms with E-state index in [-0.39, 0.29) is 11.3 Å². The standard InChI is InChI=1S/C15H19BrN2O3/c1-15(2-4-17-5-3-15)14(19)18-11-9-13-12(8-10(11)16)20-6-7-21-13/h8-9,17H,2-7H2,1H3,(H,18,19). The largest absolute Gasteiger partial charge is 0.486 e. The van der Waals surface area contributed by atoms with Crippen LogP contribution in [0.25, 0.3) is 0 Å². The lowest BCUT2D eigenvalue weighted by molar-refractivity contribution is -0.126. The molecule has 0 spiro atoms. The number of piperidine rings is 1. The second kappa shape index (κ2) is 5.85. The van der Waals surface area contributed by atoms with Crippen molar-refractivity contribution in [2.75, 3.05) is 31.6 Å². The molecule has 1 aromatic rings. The van der Waals surface area contributed by atoms with Crippen LogP contribution in [-0.2, 0) is 4.79 Å². The summed E-state index contributed by atoms with van der Waals surface area (Å²) >= 11 is 3.48. The van der Waals surface area contributed by atoms with Gasteiger partial charge in [0.25, 0.3) is 0 Å². The summed E-state index contributed by atoms with van der Waals surface area (Å²) in [6, 6.07) is 3.66. The Hall–Kier alpha value is -1.27. The van der Waals surface area contributed by atoms with Crippen molar-refractivity contribution >= 4 is 27.5 Å². The highest BCUT2D eigenvalue weighted by Gasteiger charge is 2.35. The summed E-state index contributed by atoms with van der Waals surface area (Å²) in [5.41, 5.74) is 0.404. The molecule has 1 amide bonds. The van der Waals surface area contributed by atoms with Gasteiger partial charge in [0.05, 0.1) is 5.69 Å². The second-order valence-electron chi connectivity index (χ2n) is 5.74. The molecule has 3 rings (SSSR count). The number of benzene rings is 1. The minimum absolute atomic E-state index is 0.0568. The molecule has 0 atom stereocenters. The van der Waals surface area contributed by atoms with Gasteiger partial charge in [0, 0.05) is 22.0 Å². The highest BCUT2D eigenvalue weighted by molar-refractivity contribution is 9.10. The Morgan fingerprint density at radius 1 is 1.24 bits per heavy atom. The minimum Gasteiger partial charge on any atom is -0.486 e. The van der Waals surface area contributed by atoms with Gasteiger partial charge in [0.1, 0.15) is 13.2 Å². The first-order valence-electron chi connectivity index (χ1n) is 7.20. The molecule has 6 heteroatoms. The van der Waals surface area contributed by atoms with Crippen LogP contribution in [0.4, 0.5) is 5.69 Å². The number of carbonyl (C=O) groups is 1. The zero-order valence-corrected chi connectivity index (χ0v) is 13.6. The fraction of sp³-hybridized carbons (Fsp3) is 0.533. The molecule has 2 N–H and O–H groups in total. The molecule has 0 aliphatic carbocycles. The first-order valence-corrected chi connectivity index (χ1v) is 7.99. The van der Waals surface area contributed by atoms with E-state index in [1.165, 1.54) is 0 Å². The molecule has 1 fully saturated rings. The average molecular weight is 355 g/mol. The van der Waals surface area contributed by atoms with Gasteiger partial charge in [-0.2, -0.15) is 0 Å². The molecule has 0 unspecified atom stereocenters. The van der Waals surface area contributed by atoms with Crippen LogP contribution in [0.1, 0.15) is 19.8 Å². The first kappa shape index (κ1) is 14.7. The Kier molecular flexibility index (Phi) is 4.08. The van der Waals surface area contributed by atoms with E-state index < -0.39 is 0 Å².